The number of methoxy groups -OCH3 is 1. The van der Waals surface area contributed by atoms with Crippen LogP contribution in [0.5, 0.6) is 5.75 Å². The first-order valence-corrected chi connectivity index (χ1v) is 11.3. The zero-order chi connectivity index (χ0) is 17.9. The molecule has 0 heterocycles. The second-order valence-corrected chi connectivity index (χ2v) is 10.8. The third-order valence-electron chi connectivity index (χ3n) is 6.00. The van der Waals surface area contributed by atoms with Gasteiger partial charge in [-0.1, -0.05) is 38.5 Å². The van der Waals surface area contributed by atoms with Gasteiger partial charge in [0.25, 0.3) is 0 Å². The van der Waals surface area contributed by atoms with Gasteiger partial charge in [-0.2, -0.15) is 0 Å². The smallest absolute Gasteiger partial charge is 0.310 e. The standard InChI is InChI=1S/C19H28NO4P/c1-24-19-14-17(12-13-18(19)20(21)22)25(23,15-8-4-2-5-9-15)16-10-6-3-7-11-16/h12-16H,2-11H2,1H3. The molecule has 0 bridgehead atoms. The molecule has 0 atom stereocenters. The predicted octanol–water partition coefficient (Wildman–Crippen LogP) is 5.26. The van der Waals surface area contributed by atoms with E-state index in [2.05, 4.69) is 0 Å². The molecule has 0 aliphatic heterocycles. The fraction of sp³-hybridized carbons (Fsp3) is 0.684. The second kappa shape index (κ2) is 7.90. The maximum atomic E-state index is 14.4. The third kappa shape index (κ3) is 3.62. The van der Waals surface area contributed by atoms with Crippen LogP contribution in [0.4, 0.5) is 5.69 Å². The van der Waals surface area contributed by atoms with Gasteiger partial charge in [0, 0.05) is 22.7 Å². The van der Waals surface area contributed by atoms with E-state index < -0.39 is 12.1 Å². The molecule has 2 aliphatic rings. The summed E-state index contributed by atoms with van der Waals surface area (Å²) in [5, 5.41) is 12.0. The summed E-state index contributed by atoms with van der Waals surface area (Å²) in [5.74, 6) is 0.231. The number of nitro benzene ring substituents is 1. The quantitative estimate of drug-likeness (QED) is 0.405. The second-order valence-electron chi connectivity index (χ2n) is 7.41. The van der Waals surface area contributed by atoms with Crippen LogP contribution in [-0.4, -0.2) is 23.4 Å². The lowest BCUT2D eigenvalue weighted by Gasteiger charge is -2.38. The van der Waals surface area contributed by atoms with E-state index in [9.17, 15) is 14.7 Å². The van der Waals surface area contributed by atoms with Gasteiger partial charge in [-0.25, -0.2) is 0 Å². The summed E-state index contributed by atoms with van der Waals surface area (Å²) in [6, 6.07) is 4.92. The predicted molar refractivity (Wildman–Crippen MR) is 101 cm³/mol. The summed E-state index contributed by atoms with van der Waals surface area (Å²) >= 11 is 0. The molecule has 0 amide bonds. The van der Waals surface area contributed by atoms with E-state index in [0.29, 0.717) is 0 Å². The molecule has 3 rings (SSSR count). The molecule has 5 nitrogen and oxygen atoms in total. The van der Waals surface area contributed by atoms with Crippen LogP contribution in [0.1, 0.15) is 64.2 Å². The van der Waals surface area contributed by atoms with Crippen molar-refractivity contribution in [1.82, 2.24) is 0 Å². The van der Waals surface area contributed by atoms with E-state index in [4.69, 9.17) is 4.74 Å². The van der Waals surface area contributed by atoms with Crippen molar-refractivity contribution in [3.05, 3.63) is 28.3 Å². The Morgan fingerprint density at radius 2 is 1.52 bits per heavy atom. The van der Waals surface area contributed by atoms with E-state index in [1.54, 1.807) is 12.1 Å². The first-order valence-electron chi connectivity index (χ1n) is 9.49. The molecule has 25 heavy (non-hydrogen) atoms. The van der Waals surface area contributed by atoms with Gasteiger partial charge in [0.1, 0.15) is 7.14 Å². The van der Waals surface area contributed by atoms with Crippen molar-refractivity contribution in [1.29, 1.82) is 0 Å². The minimum Gasteiger partial charge on any atom is -0.490 e. The molecule has 0 spiro atoms. The summed E-state index contributed by atoms with van der Waals surface area (Å²) in [5.41, 5.74) is 0.413. The van der Waals surface area contributed by atoms with E-state index in [1.165, 1.54) is 26.0 Å². The lowest BCUT2D eigenvalue weighted by molar-refractivity contribution is -0.385. The fourth-order valence-electron chi connectivity index (χ4n) is 4.68. The summed E-state index contributed by atoms with van der Waals surface area (Å²) in [4.78, 5) is 10.8. The van der Waals surface area contributed by atoms with Gasteiger partial charge < -0.3 is 9.30 Å². The number of benzene rings is 1. The molecule has 2 aliphatic carbocycles. The van der Waals surface area contributed by atoms with Crippen molar-refractivity contribution in [3.8, 4) is 5.75 Å². The van der Waals surface area contributed by atoms with E-state index >= 15 is 0 Å². The highest BCUT2D eigenvalue weighted by Crippen LogP contribution is 2.62. The largest absolute Gasteiger partial charge is 0.490 e. The summed E-state index contributed by atoms with van der Waals surface area (Å²) < 4.78 is 19.7. The monoisotopic (exact) mass is 365 g/mol. The summed E-state index contributed by atoms with van der Waals surface area (Å²) in [6.07, 6.45) is 11.1. The zero-order valence-electron chi connectivity index (χ0n) is 15.0. The average Bonchev–Trinajstić information content (AvgIpc) is 2.68. The van der Waals surface area contributed by atoms with Crippen molar-refractivity contribution in [2.24, 2.45) is 0 Å². The molecule has 0 N–H and O–H groups in total. The third-order valence-corrected chi connectivity index (χ3v) is 10.3. The van der Waals surface area contributed by atoms with Gasteiger partial charge >= 0.3 is 5.69 Å². The number of hydrogen-bond acceptors (Lipinski definition) is 4. The molecule has 0 radical (unpaired) electrons. The summed E-state index contributed by atoms with van der Waals surface area (Å²) in [6.45, 7) is 0. The molecule has 2 fully saturated rings. The molecular weight excluding hydrogens is 337 g/mol. The van der Waals surface area contributed by atoms with Crippen molar-refractivity contribution in [3.63, 3.8) is 0 Å². The SMILES string of the molecule is COc1cc(P(=O)(C2CCCCC2)C2CCCCC2)ccc1[N+](=O)[O-]. The zero-order valence-corrected chi connectivity index (χ0v) is 15.9. The van der Waals surface area contributed by atoms with Crippen LogP contribution in [-0.2, 0) is 4.57 Å². The number of nitro groups is 1. The first kappa shape index (κ1) is 18.4. The van der Waals surface area contributed by atoms with Gasteiger partial charge in [-0.3, -0.25) is 10.1 Å². The lowest BCUT2D eigenvalue weighted by Crippen LogP contribution is -2.29. The van der Waals surface area contributed by atoms with E-state index in [-0.39, 0.29) is 22.8 Å². The molecule has 2 saturated carbocycles. The van der Waals surface area contributed by atoms with Crippen LogP contribution in [0, 0.1) is 10.1 Å². The van der Waals surface area contributed by atoms with Gasteiger partial charge in [-0.15, -0.1) is 0 Å². The van der Waals surface area contributed by atoms with Gasteiger partial charge in [0.2, 0.25) is 0 Å². The van der Waals surface area contributed by atoms with Gasteiger partial charge in [0.15, 0.2) is 5.75 Å². The minimum absolute atomic E-state index is 0.0508. The van der Waals surface area contributed by atoms with Crippen molar-refractivity contribution in [2.75, 3.05) is 7.11 Å². The lowest BCUT2D eigenvalue weighted by atomic mass is 9.99. The average molecular weight is 365 g/mol. The summed E-state index contributed by atoms with van der Waals surface area (Å²) in [7, 11) is -1.17. The van der Waals surface area contributed by atoms with Crippen molar-refractivity contribution in [2.45, 2.75) is 75.5 Å². The van der Waals surface area contributed by atoms with Gasteiger partial charge in [-0.05, 0) is 37.8 Å². The number of nitrogens with zero attached hydrogens (tertiary/aromatic N) is 1. The number of ether oxygens (including phenoxy) is 1. The molecule has 0 unspecified atom stereocenters. The van der Waals surface area contributed by atoms with Crippen LogP contribution in [0.2, 0.25) is 0 Å². The molecule has 138 valence electrons. The Labute approximate surface area is 149 Å². The highest BCUT2D eigenvalue weighted by Gasteiger charge is 2.43. The van der Waals surface area contributed by atoms with Crippen LogP contribution in [0.3, 0.4) is 0 Å². The molecular formula is C19H28NO4P. The molecule has 6 heteroatoms. The molecule has 0 saturated heterocycles. The molecule has 0 aromatic heterocycles. The topological polar surface area (TPSA) is 69.4 Å². The van der Waals surface area contributed by atoms with Crippen LogP contribution in [0.15, 0.2) is 18.2 Å². The normalized spacial score (nSPS) is 20.4. The Kier molecular flexibility index (Phi) is 5.83. The Morgan fingerprint density at radius 1 is 1.00 bits per heavy atom. The Bertz CT molecular complexity index is 641. The Hall–Kier alpha value is -1.35. The molecule has 1 aromatic rings. The maximum Gasteiger partial charge on any atom is 0.310 e. The maximum absolute atomic E-state index is 14.4. The van der Waals surface area contributed by atoms with Crippen LogP contribution in [0.25, 0.3) is 0 Å². The van der Waals surface area contributed by atoms with Crippen LogP contribution >= 0.6 is 7.14 Å². The fourth-order valence-corrected chi connectivity index (χ4v) is 9.01. The first-order chi connectivity index (χ1) is 12.1. The van der Waals surface area contributed by atoms with Crippen molar-refractivity contribution >= 4 is 18.1 Å². The Morgan fingerprint density at radius 3 is 1.96 bits per heavy atom. The van der Waals surface area contributed by atoms with Gasteiger partial charge in [0.05, 0.1) is 12.0 Å². The number of hydrogen-bond donors (Lipinski definition) is 0. The van der Waals surface area contributed by atoms with E-state index in [0.717, 1.165) is 56.7 Å². The Balaban J connectivity index is 2.04. The highest BCUT2D eigenvalue weighted by atomic mass is 31.2. The van der Waals surface area contributed by atoms with Crippen LogP contribution < -0.4 is 10.0 Å². The number of rotatable bonds is 5. The molecule has 1 aromatic carbocycles. The van der Waals surface area contributed by atoms with E-state index in [1.807, 2.05) is 0 Å². The van der Waals surface area contributed by atoms with Crippen molar-refractivity contribution < 1.29 is 14.2 Å². The highest BCUT2D eigenvalue weighted by molar-refractivity contribution is 7.73. The minimum atomic E-state index is -2.62.